The summed E-state index contributed by atoms with van der Waals surface area (Å²) in [5.41, 5.74) is 5.02. The Morgan fingerprint density at radius 1 is 1.02 bits per heavy atom. The predicted octanol–water partition coefficient (Wildman–Crippen LogP) is 7.31. The van der Waals surface area contributed by atoms with Crippen molar-refractivity contribution in [2.24, 2.45) is 10.8 Å². The van der Waals surface area contributed by atoms with E-state index in [0.717, 1.165) is 66.1 Å². The first-order chi connectivity index (χ1) is 26.0. The molecule has 2 aromatic carbocycles. The van der Waals surface area contributed by atoms with Crippen molar-refractivity contribution in [3.8, 4) is 22.9 Å². The fourth-order valence-corrected chi connectivity index (χ4v) is 9.95. The molecule has 4 aromatic rings. The Bertz CT molecular complexity index is 2150. The van der Waals surface area contributed by atoms with Crippen molar-refractivity contribution in [1.29, 1.82) is 0 Å². The molecule has 3 saturated heterocycles. The normalized spacial score (nSPS) is 24.6. The molecule has 284 valence electrons. The molecule has 54 heavy (non-hydrogen) atoms. The third-order valence-electron chi connectivity index (χ3n) is 13.4. The van der Waals surface area contributed by atoms with Gasteiger partial charge in [-0.25, -0.2) is 0 Å². The molecule has 6 fully saturated rings. The highest BCUT2D eigenvalue weighted by atomic mass is 19.4. The van der Waals surface area contributed by atoms with Crippen molar-refractivity contribution in [3.63, 3.8) is 0 Å². The number of rotatable bonds is 9. The third-order valence-corrected chi connectivity index (χ3v) is 13.4. The lowest BCUT2D eigenvalue weighted by atomic mass is 9.62. The standard InChI is InChI=1S/C41H46F3N7O3/c1-3-32(52)51-21-40(22-51)11-13-49(14-12-40)37-29-17-28(25-6-7-25)34(33-24(2)5-8-31-30(33)18-45-48-31)36(53-23-41(42,43)44)35(29)46-38(47-37)54-27-15-26(16-27)50-19-39(20-50)9-4-10-39/h3,5,8,17-18,25-27H,1,4,6-7,9-16,19-23H2,2H3,(H,45,48)/t26-,27-. The summed E-state index contributed by atoms with van der Waals surface area (Å²) in [4.78, 5) is 28.9. The molecule has 1 amide bonds. The van der Waals surface area contributed by atoms with Crippen molar-refractivity contribution in [2.45, 2.75) is 89.0 Å². The fourth-order valence-electron chi connectivity index (χ4n) is 9.95. The van der Waals surface area contributed by atoms with Gasteiger partial charge in [-0.15, -0.1) is 0 Å². The number of likely N-dealkylation sites (tertiary alicyclic amines) is 2. The number of aromatic nitrogens is 4. The lowest BCUT2D eigenvalue weighted by molar-refractivity contribution is -0.153. The van der Waals surface area contributed by atoms with Crippen LogP contribution in [0.2, 0.25) is 0 Å². The van der Waals surface area contributed by atoms with Gasteiger partial charge in [0.15, 0.2) is 12.4 Å². The van der Waals surface area contributed by atoms with Gasteiger partial charge in [0.25, 0.3) is 0 Å². The largest absolute Gasteiger partial charge is 0.481 e. The molecule has 10 rings (SSSR count). The Hall–Kier alpha value is -4.39. The van der Waals surface area contributed by atoms with Gasteiger partial charge in [0, 0.05) is 79.9 Å². The van der Waals surface area contributed by atoms with E-state index in [0.29, 0.717) is 59.9 Å². The van der Waals surface area contributed by atoms with E-state index in [2.05, 4.69) is 32.6 Å². The van der Waals surface area contributed by atoms with E-state index in [1.165, 1.54) is 38.4 Å². The highest BCUT2D eigenvalue weighted by molar-refractivity contribution is 6.06. The van der Waals surface area contributed by atoms with Gasteiger partial charge >= 0.3 is 12.2 Å². The average Bonchev–Trinajstić information content (AvgIpc) is 3.82. The van der Waals surface area contributed by atoms with Gasteiger partial charge in [0.2, 0.25) is 5.91 Å². The van der Waals surface area contributed by atoms with Crippen LogP contribution in [-0.2, 0) is 4.79 Å². The maximum absolute atomic E-state index is 14.1. The third kappa shape index (κ3) is 5.79. The molecular formula is C41H46F3N7O3. The first-order valence-corrected chi connectivity index (χ1v) is 19.6. The Morgan fingerprint density at radius 3 is 2.43 bits per heavy atom. The van der Waals surface area contributed by atoms with Crippen LogP contribution < -0.4 is 14.4 Å². The van der Waals surface area contributed by atoms with Gasteiger partial charge in [0.05, 0.1) is 11.7 Å². The molecule has 0 bridgehead atoms. The molecule has 3 aliphatic carbocycles. The monoisotopic (exact) mass is 741 g/mol. The van der Waals surface area contributed by atoms with E-state index in [4.69, 9.17) is 19.4 Å². The second kappa shape index (κ2) is 12.3. The first-order valence-electron chi connectivity index (χ1n) is 19.6. The first kappa shape index (κ1) is 34.1. The van der Waals surface area contributed by atoms with E-state index in [1.54, 1.807) is 6.20 Å². The second-order valence-electron chi connectivity index (χ2n) is 17.2. The minimum atomic E-state index is -4.56. The van der Waals surface area contributed by atoms with Crippen molar-refractivity contribution >= 4 is 33.5 Å². The molecule has 10 nitrogen and oxygen atoms in total. The summed E-state index contributed by atoms with van der Waals surface area (Å²) >= 11 is 0. The molecule has 2 spiro atoms. The van der Waals surface area contributed by atoms with Crippen molar-refractivity contribution in [1.82, 2.24) is 30.0 Å². The van der Waals surface area contributed by atoms with Crippen LogP contribution in [0.25, 0.3) is 32.9 Å². The number of piperidine rings is 1. The maximum Gasteiger partial charge on any atom is 0.422 e. The van der Waals surface area contributed by atoms with E-state index in [-0.39, 0.29) is 35.1 Å². The van der Waals surface area contributed by atoms with Crippen LogP contribution in [0.3, 0.4) is 0 Å². The highest BCUT2D eigenvalue weighted by Gasteiger charge is 2.52. The summed E-state index contributed by atoms with van der Waals surface area (Å²) in [6.07, 6.45) is 7.84. The number of aryl methyl sites for hydroxylation is 1. The highest BCUT2D eigenvalue weighted by Crippen LogP contribution is 2.54. The van der Waals surface area contributed by atoms with Crippen LogP contribution in [0, 0.1) is 17.8 Å². The number of hydrogen-bond acceptors (Lipinski definition) is 8. The fraction of sp³-hybridized carbons (Fsp3) is 0.561. The molecule has 3 aliphatic heterocycles. The number of halogens is 3. The van der Waals surface area contributed by atoms with Crippen LogP contribution in [0.4, 0.5) is 19.0 Å². The molecule has 0 radical (unpaired) electrons. The number of aromatic amines is 1. The number of amides is 1. The number of hydrogen-bond donors (Lipinski definition) is 1. The van der Waals surface area contributed by atoms with Gasteiger partial charge in [-0.1, -0.05) is 19.1 Å². The maximum atomic E-state index is 14.1. The van der Waals surface area contributed by atoms with Gasteiger partial charge in [0.1, 0.15) is 17.4 Å². The van der Waals surface area contributed by atoms with E-state index >= 15 is 0 Å². The smallest absolute Gasteiger partial charge is 0.422 e. The van der Waals surface area contributed by atoms with Crippen LogP contribution in [0.15, 0.2) is 37.1 Å². The zero-order valence-electron chi connectivity index (χ0n) is 30.7. The minimum absolute atomic E-state index is 0.0430. The summed E-state index contributed by atoms with van der Waals surface area (Å²) in [7, 11) is 0. The van der Waals surface area contributed by atoms with Gasteiger partial charge in [-0.2, -0.15) is 28.2 Å². The van der Waals surface area contributed by atoms with E-state index in [1.807, 2.05) is 24.0 Å². The Kier molecular flexibility index (Phi) is 7.78. The quantitative estimate of drug-likeness (QED) is 0.179. The summed E-state index contributed by atoms with van der Waals surface area (Å²) in [6, 6.07) is 6.67. The van der Waals surface area contributed by atoms with Crippen molar-refractivity contribution < 1.29 is 27.4 Å². The predicted molar refractivity (Wildman–Crippen MR) is 199 cm³/mol. The Labute approximate surface area is 312 Å². The number of alkyl halides is 3. The molecule has 3 saturated carbocycles. The molecule has 0 atom stereocenters. The van der Waals surface area contributed by atoms with E-state index < -0.39 is 12.8 Å². The molecule has 1 N–H and O–H groups in total. The number of carbonyl (C=O) groups is 1. The molecule has 13 heteroatoms. The minimum Gasteiger partial charge on any atom is -0.481 e. The lowest BCUT2D eigenvalue weighted by Crippen LogP contribution is -2.65. The molecule has 6 aliphatic rings. The number of nitrogens with one attached hydrogen (secondary N) is 1. The number of benzene rings is 2. The van der Waals surface area contributed by atoms with Crippen molar-refractivity contribution in [3.05, 3.63) is 48.2 Å². The number of carbonyl (C=O) groups excluding carboxylic acids is 1. The van der Waals surface area contributed by atoms with Crippen LogP contribution >= 0.6 is 0 Å². The molecule has 0 unspecified atom stereocenters. The number of H-pyrrole nitrogens is 1. The summed E-state index contributed by atoms with van der Waals surface area (Å²) in [6.45, 7) is 9.30. The average molecular weight is 742 g/mol. The molecule has 2 aromatic heterocycles. The lowest BCUT2D eigenvalue weighted by Gasteiger charge is -2.60. The molecule has 5 heterocycles. The Balaban J connectivity index is 1.06. The second-order valence-corrected chi connectivity index (χ2v) is 17.2. The number of fused-ring (bicyclic) bond motifs is 2. The number of ether oxygens (including phenoxy) is 2. The van der Waals surface area contributed by atoms with Crippen LogP contribution in [0.5, 0.6) is 11.8 Å². The van der Waals surface area contributed by atoms with E-state index in [9.17, 15) is 18.0 Å². The summed E-state index contributed by atoms with van der Waals surface area (Å²) in [5.74, 6) is 0.902. The van der Waals surface area contributed by atoms with Gasteiger partial charge in [-0.05, 0) is 91.7 Å². The van der Waals surface area contributed by atoms with Gasteiger partial charge in [-0.3, -0.25) is 14.8 Å². The van der Waals surface area contributed by atoms with Crippen LogP contribution in [0.1, 0.15) is 74.8 Å². The topological polar surface area (TPSA) is 99.7 Å². The number of anilines is 1. The SMILES string of the molecule is C=CC(=O)N1CC2(CCN(c3nc(O[C@H]4C[C@H](N5CC6(CCC6)C5)C4)nc4c(OCC(F)(F)F)c(-c5c(C)ccc6[nH]ncc56)c(C5CC5)cc34)CC2)C1. The summed E-state index contributed by atoms with van der Waals surface area (Å²) in [5, 5.41) is 8.82. The Morgan fingerprint density at radius 2 is 1.76 bits per heavy atom. The number of nitrogens with zero attached hydrogens (tertiary/aromatic N) is 6. The molecular weight excluding hydrogens is 695 g/mol. The zero-order chi connectivity index (χ0) is 37.0. The zero-order valence-corrected chi connectivity index (χ0v) is 30.7. The summed E-state index contributed by atoms with van der Waals surface area (Å²) < 4.78 is 54.8. The van der Waals surface area contributed by atoms with Crippen LogP contribution in [-0.4, -0.2) is 100 Å². The van der Waals surface area contributed by atoms with Crippen molar-refractivity contribution in [2.75, 3.05) is 50.8 Å². The van der Waals surface area contributed by atoms with Gasteiger partial charge < -0.3 is 19.3 Å².